The van der Waals surface area contributed by atoms with Crippen LogP contribution in [0.1, 0.15) is 160 Å². The average molecular weight is 895 g/mol. The Morgan fingerprint density at radius 2 is 0.897 bits per heavy atom. The van der Waals surface area contributed by atoms with Crippen LogP contribution in [0.2, 0.25) is 0 Å². The van der Waals surface area contributed by atoms with E-state index in [1.54, 1.807) is 0 Å². The van der Waals surface area contributed by atoms with Crippen LogP contribution in [0.15, 0.2) is 146 Å². The number of nitrogens with zero attached hydrogens (tertiary/aromatic N) is 2. The SMILES string of the molecule is Cc1cc(N(c2ccc3c(c2)C(C)(C)CCC3(C)C)c2ccc3c(c2)C(C)(C)CCC3(C)C)cc(N(c2ccc(C(C)(C)C)cc2-c2ccccc2)c2cccc3c2C(C)(C)c2ccccc2-3)c1. The molecular formula is C66H74N2. The lowest BCUT2D eigenvalue weighted by atomic mass is 9.63. The summed E-state index contributed by atoms with van der Waals surface area (Å²) in [7, 11) is 0. The van der Waals surface area contributed by atoms with Crippen molar-refractivity contribution in [3.05, 3.63) is 190 Å². The van der Waals surface area contributed by atoms with Gasteiger partial charge in [0, 0.05) is 33.7 Å². The fourth-order valence-corrected chi connectivity index (χ4v) is 12.3. The average Bonchev–Trinajstić information content (AvgIpc) is 3.53. The number of hydrogen-bond acceptors (Lipinski definition) is 2. The molecule has 0 atom stereocenters. The van der Waals surface area contributed by atoms with Crippen LogP contribution < -0.4 is 9.80 Å². The summed E-state index contributed by atoms with van der Waals surface area (Å²) in [5.41, 5.74) is 23.5. The highest BCUT2D eigenvalue weighted by molar-refractivity contribution is 5.95. The van der Waals surface area contributed by atoms with Gasteiger partial charge < -0.3 is 9.80 Å². The van der Waals surface area contributed by atoms with Crippen molar-refractivity contribution < 1.29 is 0 Å². The van der Waals surface area contributed by atoms with Gasteiger partial charge in [-0.1, -0.05) is 175 Å². The standard InChI is InChI=1S/C66H74N2/c1-43-37-48(67(46-28-30-54-56(41-46)64(9,10)35-33-62(54,5)6)47-29-31-55-57(42-47)65(11,12)36-34-63(55,7)8)40-49(38-43)68(58-32-27-45(61(2,3)4)39-52(58)44-21-16-15-17-22-44)59-26-20-24-51-50-23-18-19-25-53(50)66(13,14)60(51)59/h15-32,37-42H,33-36H2,1-14H3. The molecule has 0 radical (unpaired) electrons. The van der Waals surface area contributed by atoms with E-state index < -0.39 is 0 Å². The highest BCUT2D eigenvalue weighted by Crippen LogP contribution is 2.57. The zero-order valence-electron chi connectivity index (χ0n) is 43.6. The smallest absolute Gasteiger partial charge is 0.0540 e. The number of benzene rings is 7. The predicted octanol–water partition coefficient (Wildman–Crippen LogP) is 18.9. The molecule has 2 nitrogen and oxygen atoms in total. The van der Waals surface area contributed by atoms with E-state index in [2.05, 4.69) is 252 Å². The third kappa shape index (κ3) is 7.62. The number of fused-ring (bicyclic) bond motifs is 5. The van der Waals surface area contributed by atoms with E-state index in [0.717, 1.165) is 11.4 Å². The molecule has 0 unspecified atom stereocenters. The summed E-state index contributed by atoms with van der Waals surface area (Å²) < 4.78 is 0. The normalized spacial score (nSPS) is 17.9. The topological polar surface area (TPSA) is 6.48 Å². The zero-order valence-corrected chi connectivity index (χ0v) is 43.6. The van der Waals surface area contributed by atoms with Crippen LogP contribution >= 0.6 is 0 Å². The van der Waals surface area contributed by atoms with Crippen molar-refractivity contribution in [3.63, 3.8) is 0 Å². The monoisotopic (exact) mass is 895 g/mol. The molecule has 0 bridgehead atoms. The molecule has 10 rings (SSSR count). The van der Waals surface area contributed by atoms with Crippen molar-refractivity contribution in [2.45, 2.75) is 155 Å². The zero-order chi connectivity index (χ0) is 48.3. The third-order valence-corrected chi connectivity index (χ3v) is 16.7. The molecule has 348 valence electrons. The second-order valence-corrected chi connectivity index (χ2v) is 24.9. The highest BCUT2D eigenvalue weighted by atomic mass is 15.2. The van der Waals surface area contributed by atoms with Crippen LogP contribution in [0.3, 0.4) is 0 Å². The van der Waals surface area contributed by atoms with E-state index in [1.807, 2.05) is 0 Å². The fourth-order valence-electron chi connectivity index (χ4n) is 12.3. The van der Waals surface area contributed by atoms with Gasteiger partial charge in [0.2, 0.25) is 0 Å². The summed E-state index contributed by atoms with van der Waals surface area (Å²) in [6.07, 6.45) is 4.72. The Kier molecular flexibility index (Phi) is 10.7. The molecule has 3 aliphatic carbocycles. The molecule has 0 amide bonds. The lowest BCUT2D eigenvalue weighted by Crippen LogP contribution is -2.34. The van der Waals surface area contributed by atoms with Gasteiger partial charge >= 0.3 is 0 Å². The quantitative estimate of drug-likeness (QED) is 0.157. The Morgan fingerprint density at radius 3 is 1.47 bits per heavy atom. The summed E-state index contributed by atoms with van der Waals surface area (Å²) in [5.74, 6) is 0. The van der Waals surface area contributed by atoms with Gasteiger partial charge in [-0.2, -0.15) is 0 Å². The Morgan fingerprint density at radius 1 is 0.382 bits per heavy atom. The van der Waals surface area contributed by atoms with Crippen molar-refractivity contribution in [3.8, 4) is 22.3 Å². The van der Waals surface area contributed by atoms with Gasteiger partial charge in [-0.3, -0.25) is 0 Å². The Hall–Kier alpha value is -5.86. The molecule has 7 aromatic carbocycles. The molecule has 0 spiro atoms. The van der Waals surface area contributed by atoms with Gasteiger partial charge in [-0.15, -0.1) is 0 Å². The summed E-state index contributed by atoms with van der Waals surface area (Å²) in [6.45, 7) is 33.7. The molecule has 0 saturated heterocycles. The summed E-state index contributed by atoms with van der Waals surface area (Å²) in [4.78, 5) is 5.19. The lowest BCUT2D eigenvalue weighted by Gasteiger charge is -2.43. The van der Waals surface area contributed by atoms with Crippen LogP contribution in [0.25, 0.3) is 22.3 Å². The predicted molar refractivity (Wildman–Crippen MR) is 293 cm³/mol. The van der Waals surface area contributed by atoms with Gasteiger partial charge in [-0.25, -0.2) is 0 Å². The van der Waals surface area contributed by atoms with E-state index in [0.29, 0.717) is 0 Å². The van der Waals surface area contributed by atoms with E-state index in [-0.39, 0.29) is 32.5 Å². The Labute approximate surface area is 409 Å². The Balaban J connectivity index is 1.27. The van der Waals surface area contributed by atoms with Gasteiger partial charge in [0.05, 0.1) is 11.4 Å². The maximum absolute atomic E-state index is 2.60. The van der Waals surface area contributed by atoms with E-state index in [9.17, 15) is 0 Å². The second-order valence-electron chi connectivity index (χ2n) is 24.9. The number of anilines is 6. The third-order valence-electron chi connectivity index (χ3n) is 16.7. The van der Waals surface area contributed by atoms with Gasteiger partial charge in [0.15, 0.2) is 0 Å². The number of aryl methyl sites for hydroxylation is 1. The van der Waals surface area contributed by atoms with Crippen molar-refractivity contribution in [2.75, 3.05) is 9.80 Å². The van der Waals surface area contributed by atoms with Gasteiger partial charge in [0.1, 0.15) is 0 Å². The van der Waals surface area contributed by atoms with Crippen LogP contribution in [0.5, 0.6) is 0 Å². The first-order valence-corrected chi connectivity index (χ1v) is 25.4. The van der Waals surface area contributed by atoms with E-state index >= 15 is 0 Å². The molecule has 68 heavy (non-hydrogen) atoms. The molecule has 0 N–H and O–H groups in total. The minimum absolute atomic E-state index is 0.0289. The van der Waals surface area contributed by atoms with Crippen LogP contribution in [-0.2, 0) is 32.5 Å². The molecule has 0 heterocycles. The van der Waals surface area contributed by atoms with Crippen molar-refractivity contribution in [2.24, 2.45) is 0 Å². The van der Waals surface area contributed by atoms with Crippen molar-refractivity contribution in [1.29, 1.82) is 0 Å². The van der Waals surface area contributed by atoms with E-state index in [4.69, 9.17) is 0 Å². The van der Waals surface area contributed by atoms with Crippen molar-refractivity contribution >= 4 is 34.1 Å². The molecule has 0 aliphatic heterocycles. The summed E-state index contributed by atoms with van der Waals surface area (Å²) >= 11 is 0. The van der Waals surface area contributed by atoms with Crippen molar-refractivity contribution in [1.82, 2.24) is 0 Å². The van der Waals surface area contributed by atoms with Crippen LogP contribution in [-0.4, -0.2) is 0 Å². The molecule has 2 heteroatoms. The fraction of sp³-hybridized carbons (Fsp3) is 0.364. The molecule has 0 fully saturated rings. The summed E-state index contributed by atoms with van der Waals surface area (Å²) in [6, 6.07) is 56.5. The Bertz CT molecular complexity index is 3010. The van der Waals surface area contributed by atoms with Gasteiger partial charge in [0.25, 0.3) is 0 Å². The lowest BCUT2D eigenvalue weighted by molar-refractivity contribution is 0.332. The molecule has 0 saturated carbocycles. The number of rotatable bonds is 7. The minimum atomic E-state index is -0.231. The van der Waals surface area contributed by atoms with Crippen LogP contribution in [0.4, 0.5) is 34.1 Å². The van der Waals surface area contributed by atoms with E-state index in [1.165, 1.54) is 115 Å². The molecule has 3 aliphatic rings. The first-order chi connectivity index (χ1) is 32.0. The largest absolute Gasteiger partial charge is 0.310 e. The maximum atomic E-state index is 2.60. The minimum Gasteiger partial charge on any atom is -0.310 e. The molecule has 7 aromatic rings. The summed E-state index contributed by atoms with van der Waals surface area (Å²) in [5, 5.41) is 0. The van der Waals surface area contributed by atoms with Gasteiger partial charge in [-0.05, 0) is 182 Å². The maximum Gasteiger partial charge on any atom is 0.0540 e. The highest BCUT2D eigenvalue weighted by Gasteiger charge is 2.41. The molecular weight excluding hydrogens is 821 g/mol. The van der Waals surface area contributed by atoms with Crippen LogP contribution in [0, 0.1) is 6.92 Å². The number of hydrogen-bond donors (Lipinski definition) is 0. The second kappa shape index (κ2) is 15.8. The molecule has 0 aromatic heterocycles. The first-order valence-electron chi connectivity index (χ1n) is 25.4. The first kappa shape index (κ1) is 45.9.